The molecule has 6 heteroatoms. The van der Waals surface area contributed by atoms with Gasteiger partial charge in [-0.1, -0.05) is 6.07 Å². The molecule has 1 saturated heterocycles. The fourth-order valence-corrected chi connectivity index (χ4v) is 2.30. The van der Waals surface area contributed by atoms with Crippen LogP contribution in [0.5, 0.6) is 0 Å². The van der Waals surface area contributed by atoms with E-state index in [2.05, 4.69) is 20.2 Å². The van der Waals surface area contributed by atoms with E-state index in [9.17, 15) is 4.79 Å². The first-order chi connectivity index (χ1) is 10.7. The van der Waals surface area contributed by atoms with Gasteiger partial charge in [-0.15, -0.1) is 0 Å². The van der Waals surface area contributed by atoms with Gasteiger partial charge in [-0.3, -0.25) is 9.78 Å². The number of nitrogens with one attached hydrogen (secondary N) is 1. The Hall–Kier alpha value is -2.31. The fourth-order valence-electron chi connectivity index (χ4n) is 2.30. The normalized spacial score (nSPS) is 18.9. The predicted octanol–water partition coefficient (Wildman–Crippen LogP) is 1.41. The number of hydrogen-bond acceptors (Lipinski definition) is 5. The molecule has 1 fully saturated rings. The number of ether oxygens (including phenoxy) is 1. The standard InChI is InChI=1S/C16H18N4O2/c1-20-8-9-22-14(11-20)16(21)19-15-6-5-12(10-18-15)13-4-2-3-7-17-13/h2-7,10,14H,8-9,11H2,1H3,(H,18,19,21)/t14-/m1/s1. The molecule has 1 N–H and O–H groups in total. The van der Waals surface area contributed by atoms with Crippen molar-refractivity contribution in [1.29, 1.82) is 0 Å². The number of carbonyl (C=O) groups excluding carboxylic acids is 1. The number of rotatable bonds is 3. The van der Waals surface area contributed by atoms with Crippen LogP contribution in [0.15, 0.2) is 42.7 Å². The van der Waals surface area contributed by atoms with Crippen LogP contribution in [0.1, 0.15) is 0 Å². The number of aromatic nitrogens is 2. The second-order valence-corrected chi connectivity index (χ2v) is 5.26. The van der Waals surface area contributed by atoms with Crippen LogP contribution in [0.3, 0.4) is 0 Å². The minimum absolute atomic E-state index is 0.162. The average Bonchev–Trinajstić information content (AvgIpc) is 2.56. The first kappa shape index (κ1) is 14.6. The molecule has 6 nitrogen and oxygen atoms in total. The van der Waals surface area contributed by atoms with Crippen molar-refractivity contribution in [3.05, 3.63) is 42.7 Å². The highest BCUT2D eigenvalue weighted by atomic mass is 16.5. The summed E-state index contributed by atoms with van der Waals surface area (Å²) in [4.78, 5) is 22.8. The second-order valence-electron chi connectivity index (χ2n) is 5.26. The Kier molecular flexibility index (Phi) is 4.41. The number of amides is 1. The minimum Gasteiger partial charge on any atom is -0.366 e. The topological polar surface area (TPSA) is 67.3 Å². The third-order valence-corrected chi connectivity index (χ3v) is 3.54. The highest BCUT2D eigenvalue weighted by molar-refractivity contribution is 5.93. The molecule has 0 spiro atoms. The van der Waals surface area contributed by atoms with Gasteiger partial charge < -0.3 is 15.0 Å². The molecule has 0 radical (unpaired) electrons. The van der Waals surface area contributed by atoms with Gasteiger partial charge in [0.25, 0.3) is 5.91 Å². The summed E-state index contributed by atoms with van der Waals surface area (Å²) in [6.07, 6.45) is 2.99. The molecule has 1 amide bonds. The van der Waals surface area contributed by atoms with E-state index in [1.165, 1.54) is 0 Å². The molecule has 2 aromatic heterocycles. The summed E-state index contributed by atoms with van der Waals surface area (Å²) in [5.74, 6) is 0.353. The Morgan fingerprint density at radius 2 is 2.23 bits per heavy atom. The van der Waals surface area contributed by atoms with Crippen LogP contribution in [0.25, 0.3) is 11.3 Å². The number of morpholine rings is 1. The number of hydrogen-bond donors (Lipinski definition) is 1. The van der Waals surface area contributed by atoms with Crippen molar-refractivity contribution in [3.63, 3.8) is 0 Å². The van der Waals surface area contributed by atoms with Crippen molar-refractivity contribution in [2.75, 3.05) is 32.1 Å². The molecule has 0 unspecified atom stereocenters. The maximum absolute atomic E-state index is 12.2. The molecule has 3 rings (SSSR count). The van der Waals surface area contributed by atoms with E-state index in [0.29, 0.717) is 19.0 Å². The molecule has 114 valence electrons. The number of carbonyl (C=O) groups is 1. The van der Waals surface area contributed by atoms with E-state index in [4.69, 9.17) is 4.74 Å². The average molecular weight is 298 g/mol. The molecule has 3 heterocycles. The molecule has 1 aliphatic rings. The van der Waals surface area contributed by atoms with E-state index >= 15 is 0 Å². The summed E-state index contributed by atoms with van der Waals surface area (Å²) in [5.41, 5.74) is 1.76. The van der Waals surface area contributed by atoms with Crippen LogP contribution in [0, 0.1) is 0 Å². The van der Waals surface area contributed by atoms with E-state index in [1.54, 1.807) is 18.5 Å². The summed E-state index contributed by atoms with van der Waals surface area (Å²) in [7, 11) is 1.97. The minimum atomic E-state index is -0.448. The molecule has 2 aromatic rings. The molecule has 22 heavy (non-hydrogen) atoms. The van der Waals surface area contributed by atoms with E-state index < -0.39 is 6.10 Å². The van der Waals surface area contributed by atoms with Gasteiger partial charge in [0.15, 0.2) is 0 Å². The lowest BCUT2D eigenvalue weighted by molar-refractivity contribution is -0.132. The first-order valence-corrected chi connectivity index (χ1v) is 7.21. The number of nitrogens with zero attached hydrogens (tertiary/aromatic N) is 3. The Balaban J connectivity index is 1.65. The van der Waals surface area contributed by atoms with Gasteiger partial charge in [0.05, 0.1) is 12.3 Å². The van der Waals surface area contributed by atoms with Gasteiger partial charge in [-0.2, -0.15) is 0 Å². The highest BCUT2D eigenvalue weighted by Crippen LogP contribution is 2.17. The summed E-state index contributed by atoms with van der Waals surface area (Å²) in [6, 6.07) is 9.37. The van der Waals surface area contributed by atoms with Gasteiger partial charge in [0.1, 0.15) is 11.9 Å². The van der Waals surface area contributed by atoms with Gasteiger partial charge in [-0.25, -0.2) is 4.98 Å². The molecule has 0 aliphatic carbocycles. The third-order valence-electron chi connectivity index (χ3n) is 3.54. The summed E-state index contributed by atoms with van der Waals surface area (Å²) >= 11 is 0. The van der Waals surface area contributed by atoms with Gasteiger partial charge >= 0.3 is 0 Å². The second kappa shape index (κ2) is 6.64. The van der Waals surface area contributed by atoms with Crippen molar-refractivity contribution >= 4 is 11.7 Å². The predicted molar refractivity (Wildman–Crippen MR) is 83.3 cm³/mol. The zero-order valence-corrected chi connectivity index (χ0v) is 12.4. The number of likely N-dealkylation sites (N-methyl/N-ethyl adjacent to an activating group) is 1. The van der Waals surface area contributed by atoms with Crippen LogP contribution >= 0.6 is 0 Å². The van der Waals surface area contributed by atoms with Crippen molar-refractivity contribution in [1.82, 2.24) is 14.9 Å². The third kappa shape index (κ3) is 3.47. The first-order valence-electron chi connectivity index (χ1n) is 7.21. The van der Waals surface area contributed by atoms with E-state index in [1.807, 2.05) is 31.3 Å². The van der Waals surface area contributed by atoms with Crippen molar-refractivity contribution in [3.8, 4) is 11.3 Å². The Labute approximate surface area is 129 Å². The van der Waals surface area contributed by atoms with Crippen LogP contribution in [0.2, 0.25) is 0 Å². The molecule has 0 aromatic carbocycles. The monoisotopic (exact) mass is 298 g/mol. The van der Waals surface area contributed by atoms with Crippen molar-refractivity contribution in [2.24, 2.45) is 0 Å². The summed E-state index contributed by atoms with van der Waals surface area (Å²) in [5, 5.41) is 2.79. The van der Waals surface area contributed by atoms with E-state index in [0.717, 1.165) is 17.8 Å². The maximum atomic E-state index is 12.2. The number of pyridine rings is 2. The summed E-state index contributed by atoms with van der Waals surface area (Å²) < 4.78 is 5.48. The van der Waals surface area contributed by atoms with Gasteiger partial charge in [0, 0.05) is 31.0 Å². The molecule has 1 aliphatic heterocycles. The smallest absolute Gasteiger partial charge is 0.255 e. The van der Waals surface area contributed by atoms with Crippen molar-refractivity contribution in [2.45, 2.75) is 6.10 Å². The Bertz CT molecular complexity index is 630. The molecule has 1 atom stereocenters. The number of anilines is 1. The lowest BCUT2D eigenvalue weighted by Gasteiger charge is -2.28. The fraction of sp³-hybridized carbons (Fsp3) is 0.312. The van der Waals surface area contributed by atoms with Crippen LogP contribution in [0.4, 0.5) is 5.82 Å². The van der Waals surface area contributed by atoms with Crippen LogP contribution in [-0.2, 0) is 9.53 Å². The molecular formula is C16H18N4O2. The zero-order valence-electron chi connectivity index (χ0n) is 12.4. The summed E-state index contributed by atoms with van der Waals surface area (Å²) in [6.45, 7) is 2.01. The molecule has 0 bridgehead atoms. The Morgan fingerprint density at radius 1 is 1.32 bits per heavy atom. The highest BCUT2D eigenvalue weighted by Gasteiger charge is 2.24. The largest absolute Gasteiger partial charge is 0.366 e. The zero-order chi connectivity index (χ0) is 15.4. The van der Waals surface area contributed by atoms with Gasteiger partial charge in [-0.05, 0) is 31.3 Å². The van der Waals surface area contributed by atoms with Crippen molar-refractivity contribution < 1.29 is 9.53 Å². The SMILES string of the molecule is CN1CCO[C@@H](C(=O)Nc2ccc(-c3ccccn3)cn2)C1. The maximum Gasteiger partial charge on any atom is 0.255 e. The van der Waals surface area contributed by atoms with Crippen LogP contribution < -0.4 is 5.32 Å². The van der Waals surface area contributed by atoms with Gasteiger partial charge in [0.2, 0.25) is 0 Å². The molecule has 0 saturated carbocycles. The Morgan fingerprint density at radius 3 is 2.91 bits per heavy atom. The quantitative estimate of drug-likeness (QED) is 0.928. The lowest BCUT2D eigenvalue weighted by Crippen LogP contribution is -2.46. The molecular weight excluding hydrogens is 280 g/mol. The van der Waals surface area contributed by atoms with Crippen LogP contribution in [-0.4, -0.2) is 53.6 Å². The van der Waals surface area contributed by atoms with E-state index in [-0.39, 0.29) is 5.91 Å². The lowest BCUT2D eigenvalue weighted by atomic mass is 10.2.